The smallest absolute Gasteiger partial charge is 0.235 e. The molecule has 0 amide bonds. The van der Waals surface area contributed by atoms with Crippen LogP contribution in [0.15, 0.2) is 42.7 Å². The van der Waals surface area contributed by atoms with Crippen molar-refractivity contribution in [3.63, 3.8) is 0 Å². The Labute approximate surface area is 136 Å². The first-order valence-corrected chi connectivity index (χ1v) is 7.82. The number of imidazole rings is 1. The Hall–Kier alpha value is -2.56. The van der Waals surface area contributed by atoms with Crippen molar-refractivity contribution in [3.05, 3.63) is 42.7 Å². The molecule has 5 nitrogen and oxygen atoms in total. The summed E-state index contributed by atoms with van der Waals surface area (Å²) in [6.07, 6.45) is 3.73. The number of fused-ring (bicyclic) bond motifs is 1. The van der Waals surface area contributed by atoms with Crippen LogP contribution in [0.2, 0.25) is 0 Å². The first-order valence-electron chi connectivity index (χ1n) is 7.82. The van der Waals surface area contributed by atoms with Gasteiger partial charge < -0.3 is 10.1 Å². The molecule has 0 saturated heterocycles. The molecule has 0 aliphatic rings. The van der Waals surface area contributed by atoms with E-state index in [1.165, 1.54) is 0 Å². The van der Waals surface area contributed by atoms with Crippen LogP contribution in [0.5, 0.6) is 5.75 Å². The molecule has 3 aromatic rings. The summed E-state index contributed by atoms with van der Waals surface area (Å²) in [6.45, 7) is 9.03. The average Bonchev–Trinajstić information content (AvgIpc) is 2.86. The quantitative estimate of drug-likeness (QED) is 0.791. The van der Waals surface area contributed by atoms with E-state index in [0.29, 0.717) is 12.4 Å². The second-order valence-corrected chi connectivity index (χ2v) is 6.43. The fourth-order valence-electron chi connectivity index (χ4n) is 2.44. The maximum atomic E-state index is 5.51. The van der Waals surface area contributed by atoms with Gasteiger partial charge in [0.25, 0.3) is 0 Å². The third kappa shape index (κ3) is 3.28. The number of nitrogens with zero attached hydrogens (tertiary/aromatic N) is 3. The van der Waals surface area contributed by atoms with Gasteiger partial charge in [-0.25, -0.2) is 9.97 Å². The molecule has 120 valence electrons. The van der Waals surface area contributed by atoms with Crippen molar-refractivity contribution in [2.24, 2.45) is 0 Å². The first kappa shape index (κ1) is 15.3. The summed E-state index contributed by atoms with van der Waals surface area (Å²) in [7, 11) is 0. The lowest BCUT2D eigenvalue weighted by molar-refractivity contribution is 0.340. The minimum atomic E-state index is -0.0776. The number of nitrogens with one attached hydrogen (secondary N) is 1. The fraction of sp³-hybridized carbons (Fsp3) is 0.333. The van der Waals surface area contributed by atoms with Gasteiger partial charge in [0.05, 0.1) is 6.61 Å². The summed E-state index contributed by atoms with van der Waals surface area (Å²) in [6, 6.07) is 9.90. The number of hydrogen-bond acceptors (Lipinski definition) is 4. The van der Waals surface area contributed by atoms with Crippen LogP contribution < -0.4 is 10.1 Å². The van der Waals surface area contributed by atoms with Crippen molar-refractivity contribution in [2.45, 2.75) is 33.2 Å². The Morgan fingerprint density at radius 3 is 2.57 bits per heavy atom. The van der Waals surface area contributed by atoms with Crippen LogP contribution in [0.3, 0.4) is 0 Å². The van der Waals surface area contributed by atoms with Crippen LogP contribution in [-0.4, -0.2) is 26.5 Å². The summed E-state index contributed by atoms with van der Waals surface area (Å²) >= 11 is 0. The standard InChI is InChI=1S/C18H22N4O/c1-5-23-14-9-7-13(8-10-14)15-16(21-18(2,3)4)22-12-6-11-19-17(22)20-15/h6-12,21H,5H2,1-4H3. The zero-order valence-electron chi connectivity index (χ0n) is 14.0. The molecule has 0 radical (unpaired) electrons. The normalized spacial score (nSPS) is 11.7. The fourth-order valence-corrected chi connectivity index (χ4v) is 2.44. The van der Waals surface area contributed by atoms with Gasteiger partial charge in [0.15, 0.2) is 0 Å². The summed E-state index contributed by atoms with van der Waals surface area (Å²) in [5.41, 5.74) is 1.85. The lowest BCUT2D eigenvalue weighted by Gasteiger charge is -2.22. The third-order valence-corrected chi connectivity index (χ3v) is 3.34. The molecule has 1 N–H and O–H groups in total. The van der Waals surface area contributed by atoms with Gasteiger partial charge in [-0.3, -0.25) is 4.40 Å². The van der Waals surface area contributed by atoms with E-state index in [1.807, 2.05) is 47.9 Å². The third-order valence-electron chi connectivity index (χ3n) is 3.34. The van der Waals surface area contributed by atoms with Gasteiger partial charge in [-0.2, -0.15) is 0 Å². The highest BCUT2D eigenvalue weighted by Gasteiger charge is 2.19. The van der Waals surface area contributed by atoms with Crippen molar-refractivity contribution in [3.8, 4) is 17.0 Å². The molecule has 2 aromatic heterocycles. The number of benzene rings is 1. The first-order chi connectivity index (χ1) is 11.0. The summed E-state index contributed by atoms with van der Waals surface area (Å²) < 4.78 is 7.50. The molecule has 0 aliphatic carbocycles. The topological polar surface area (TPSA) is 51.5 Å². The molecule has 0 bridgehead atoms. The van der Waals surface area contributed by atoms with Gasteiger partial charge in [-0.15, -0.1) is 0 Å². The highest BCUT2D eigenvalue weighted by atomic mass is 16.5. The van der Waals surface area contributed by atoms with E-state index >= 15 is 0 Å². The van der Waals surface area contributed by atoms with E-state index in [4.69, 9.17) is 9.72 Å². The van der Waals surface area contributed by atoms with Gasteiger partial charge in [-0.1, -0.05) is 0 Å². The maximum absolute atomic E-state index is 5.51. The molecule has 0 spiro atoms. The van der Waals surface area contributed by atoms with Crippen LogP contribution in [-0.2, 0) is 0 Å². The summed E-state index contributed by atoms with van der Waals surface area (Å²) in [4.78, 5) is 9.04. The van der Waals surface area contributed by atoms with Gasteiger partial charge in [0, 0.05) is 23.5 Å². The maximum Gasteiger partial charge on any atom is 0.235 e. The summed E-state index contributed by atoms with van der Waals surface area (Å²) in [5.74, 6) is 2.50. The lowest BCUT2D eigenvalue weighted by atomic mass is 10.1. The second-order valence-electron chi connectivity index (χ2n) is 6.43. The van der Waals surface area contributed by atoms with E-state index in [1.54, 1.807) is 6.20 Å². The zero-order chi connectivity index (χ0) is 16.4. The highest BCUT2D eigenvalue weighted by molar-refractivity contribution is 5.76. The Kier molecular flexibility index (Phi) is 3.94. The van der Waals surface area contributed by atoms with Crippen LogP contribution in [0.25, 0.3) is 17.0 Å². The van der Waals surface area contributed by atoms with E-state index in [0.717, 1.165) is 22.8 Å². The minimum Gasteiger partial charge on any atom is -0.494 e. The molecule has 1 aromatic carbocycles. The van der Waals surface area contributed by atoms with Crippen LogP contribution >= 0.6 is 0 Å². The van der Waals surface area contributed by atoms with E-state index in [9.17, 15) is 0 Å². The van der Waals surface area contributed by atoms with Crippen molar-refractivity contribution in [1.82, 2.24) is 14.4 Å². The minimum absolute atomic E-state index is 0.0776. The second kappa shape index (κ2) is 5.91. The van der Waals surface area contributed by atoms with Crippen molar-refractivity contribution < 1.29 is 4.74 Å². The Balaban J connectivity index is 2.10. The average molecular weight is 310 g/mol. The molecule has 2 heterocycles. The van der Waals surface area contributed by atoms with E-state index < -0.39 is 0 Å². The van der Waals surface area contributed by atoms with Crippen molar-refractivity contribution in [1.29, 1.82) is 0 Å². The van der Waals surface area contributed by atoms with Crippen LogP contribution in [0, 0.1) is 0 Å². The van der Waals surface area contributed by atoms with Crippen molar-refractivity contribution >= 4 is 11.6 Å². The van der Waals surface area contributed by atoms with E-state index in [2.05, 4.69) is 31.1 Å². The number of hydrogen-bond donors (Lipinski definition) is 1. The number of aromatic nitrogens is 3. The molecule has 23 heavy (non-hydrogen) atoms. The SMILES string of the molecule is CCOc1ccc(-c2nc3ncccn3c2NC(C)(C)C)cc1. The molecular formula is C18H22N4O. The molecule has 0 unspecified atom stereocenters. The predicted octanol–water partition coefficient (Wildman–Crippen LogP) is 4.01. The van der Waals surface area contributed by atoms with Gasteiger partial charge in [0.1, 0.15) is 17.3 Å². The Morgan fingerprint density at radius 2 is 1.91 bits per heavy atom. The van der Waals surface area contributed by atoms with Crippen molar-refractivity contribution in [2.75, 3.05) is 11.9 Å². The molecule has 0 saturated carbocycles. The Bertz CT molecular complexity index is 800. The number of ether oxygens (including phenoxy) is 1. The van der Waals surface area contributed by atoms with Gasteiger partial charge in [0.2, 0.25) is 5.78 Å². The van der Waals surface area contributed by atoms with Gasteiger partial charge in [-0.05, 0) is 58.0 Å². The molecule has 0 aliphatic heterocycles. The largest absolute Gasteiger partial charge is 0.494 e. The molecule has 0 fully saturated rings. The number of anilines is 1. The van der Waals surface area contributed by atoms with Crippen LogP contribution in [0.4, 0.5) is 5.82 Å². The molecule has 5 heteroatoms. The molecule has 0 atom stereocenters. The highest BCUT2D eigenvalue weighted by Crippen LogP contribution is 2.31. The lowest BCUT2D eigenvalue weighted by Crippen LogP contribution is -2.27. The predicted molar refractivity (Wildman–Crippen MR) is 93.0 cm³/mol. The molecule has 3 rings (SSSR count). The number of rotatable bonds is 4. The zero-order valence-corrected chi connectivity index (χ0v) is 14.0. The summed E-state index contributed by atoms with van der Waals surface area (Å²) in [5, 5.41) is 3.54. The van der Waals surface area contributed by atoms with Gasteiger partial charge >= 0.3 is 0 Å². The van der Waals surface area contributed by atoms with Crippen LogP contribution in [0.1, 0.15) is 27.7 Å². The van der Waals surface area contributed by atoms with E-state index in [-0.39, 0.29) is 5.54 Å². The monoisotopic (exact) mass is 310 g/mol. The Morgan fingerprint density at radius 1 is 1.17 bits per heavy atom. The molecular weight excluding hydrogens is 288 g/mol.